The Balaban J connectivity index is 1.75. The lowest BCUT2D eigenvalue weighted by Crippen LogP contribution is -2.56. The van der Waals surface area contributed by atoms with Gasteiger partial charge in [-0.2, -0.15) is 0 Å². The van der Waals surface area contributed by atoms with Crippen LogP contribution in [-0.4, -0.2) is 31.1 Å². The first-order chi connectivity index (χ1) is 9.16. The summed E-state index contributed by atoms with van der Waals surface area (Å²) < 4.78 is 31.6. The highest BCUT2D eigenvalue weighted by atomic mass is 19.1. The minimum atomic E-state index is -1.01. The lowest BCUT2D eigenvalue weighted by atomic mass is 9.89. The molecule has 0 N–H and O–H groups in total. The zero-order valence-electron chi connectivity index (χ0n) is 11.2. The third kappa shape index (κ3) is 2.40. The summed E-state index contributed by atoms with van der Waals surface area (Å²) in [6, 6.07) is 9.62. The van der Waals surface area contributed by atoms with Gasteiger partial charge in [-0.25, -0.2) is 4.39 Å². The van der Waals surface area contributed by atoms with Gasteiger partial charge in [0.05, 0.1) is 12.7 Å². The van der Waals surface area contributed by atoms with Crippen LogP contribution < -0.4 is 0 Å². The van der Waals surface area contributed by atoms with Crippen LogP contribution in [0.25, 0.3) is 0 Å². The third-order valence-corrected chi connectivity index (χ3v) is 4.08. The molecule has 6 atom stereocenters. The molecule has 2 fully saturated rings. The van der Waals surface area contributed by atoms with Crippen LogP contribution in [0.4, 0.5) is 4.39 Å². The standard InChI is InChI=1S/C15H19FO3/c1-9-10(2)18-12-8-17-15(19-14(12)13(9)16)11-6-4-3-5-7-11/h3-7,9-10,12-15H,8H2,1-2H3/t9-,10?,12-,13+,14-,15-/m1/s1. The summed E-state index contributed by atoms with van der Waals surface area (Å²) in [5, 5.41) is 0. The summed E-state index contributed by atoms with van der Waals surface area (Å²) in [5.74, 6) is -0.157. The number of hydrogen-bond acceptors (Lipinski definition) is 3. The molecule has 1 aromatic rings. The smallest absolute Gasteiger partial charge is 0.184 e. The van der Waals surface area contributed by atoms with Crippen LogP contribution in [0.3, 0.4) is 0 Å². The molecule has 0 spiro atoms. The zero-order chi connectivity index (χ0) is 13.4. The van der Waals surface area contributed by atoms with E-state index in [0.717, 1.165) is 5.56 Å². The third-order valence-electron chi connectivity index (χ3n) is 4.08. The van der Waals surface area contributed by atoms with E-state index in [1.54, 1.807) is 0 Å². The Kier molecular flexibility index (Phi) is 3.56. The van der Waals surface area contributed by atoms with E-state index in [-0.39, 0.29) is 18.1 Å². The molecule has 19 heavy (non-hydrogen) atoms. The first-order valence-electron chi connectivity index (χ1n) is 6.78. The molecule has 2 aliphatic heterocycles. The predicted octanol–water partition coefficient (Wildman–Crippen LogP) is 2.86. The van der Waals surface area contributed by atoms with Gasteiger partial charge in [-0.1, -0.05) is 37.3 Å². The van der Waals surface area contributed by atoms with E-state index in [4.69, 9.17) is 14.2 Å². The van der Waals surface area contributed by atoms with Gasteiger partial charge in [0.25, 0.3) is 0 Å². The molecule has 0 bridgehead atoms. The Morgan fingerprint density at radius 2 is 1.84 bits per heavy atom. The van der Waals surface area contributed by atoms with E-state index < -0.39 is 18.6 Å². The summed E-state index contributed by atoms with van der Waals surface area (Å²) in [7, 11) is 0. The van der Waals surface area contributed by atoms with Crippen LogP contribution in [0.1, 0.15) is 25.7 Å². The Bertz CT molecular complexity index is 423. The van der Waals surface area contributed by atoms with Crippen molar-refractivity contribution in [3.63, 3.8) is 0 Å². The molecule has 0 amide bonds. The van der Waals surface area contributed by atoms with Gasteiger partial charge in [-0.15, -0.1) is 0 Å². The summed E-state index contributed by atoms with van der Waals surface area (Å²) in [5.41, 5.74) is 0.916. The number of fused-ring (bicyclic) bond motifs is 1. The van der Waals surface area contributed by atoms with E-state index in [0.29, 0.717) is 6.61 Å². The number of halogens is 1. The number of ether oxygens (including phenoxy) is 3. The second kappa shape index (κ2) is 5.19. The number of hydrogen-bond donors (Lipinski definition) is 0. The van der Waals surface area contributed by atoms with Crippen molar-refractivity contribution in [2.45, 2.75) is 44.6 Å². The summed E-state index contributed by atoms with van der Waals surface area (Å²) in [6.45, 7) is 4.14. The maximum Gasteiger partial charge on any atom is 0.184 e. The quantitative estimate of drug-likeness (QED) is 0.782. The normalized spacial score (nSPS) is 42.7. The molecule has 4 heteroatoms. The van der Waals surface area contributed by atoms with Gasteiger partial charge in [-0.3, -0.25) is 0 Å². The highest BCUT2D eigenvalue weighted by Crippen LogP contribution is 2.37. The Labute approximate surface area is 112 Å². The SMILES string of the molecule is CC1O[C@@H]2CO[C@@H](c3ccccc3)O[C@H]2[C@@H](F)[C@@H]1C. The molecule has 1 unspecified atom stereocenters. The topological polar surface area (TPSA) is 27.7 Å². The molecule has 0 aliphatic carbocycles. The van der Waals surface area contributed by atoms with Gasteiger partial charge < -0.3 is 14.2 Å². The largest absolute Gasteiger partial charge is 0.370 e. The summed E-state index contributed by atoms with van der Waals surface area (Å²) >= 11 is 0. The molecule has 2 saturated heterocycles. The van der Waals surface area contributed by atoms with Crippen LogP contribution in [0.15, 0.2) is 30.3 Å². The fourth-order valence-corrected chi connectivity index (χ4v) is 2.69. The summed E-state index contributed by atoms with van der Waals surface area (Å²) in [4.78, 5) is 0. The van der Waals surface area contributed by atoms with Crippen LogP contribution >= 0.6 is 0 Å². The Morgan fingerprint density at radius 3 is 2.58 bits per heavy atom. The molecule has 104 valence electrons. The van der Waals surface area contributed by atoms with Crippen LogP contribution in [0.2, 0.25) is 0 Å². The highest BCUT2D eigenvalue weighted by molar-refractivity contribution is 5.16. The lowest BCUT2D eigenvalue weighted by Gasteiger charge is -2.45. The second-order valence-corrected chi connectivity index (χ2v) is 5.36. The molecule has 0 saturated carbocycles. The van der Waals surface area contributed by atoms with E-state index in [1.165, 1.54) is 0 Å². The van der Waals surface area contributed by atoms with E-state index >= 15 is 0 Å². The van der Waals surface area contributed by atoms with Crippen molar-refractivity contribution in [3.8, 4) is 0 Å². The van der Waals surface area contributed by atoms with Gasteiger partial charge in [0.2, 0.25) is 0 Å². The molecule has 2 heterocycles. The van der Waals surface area contributed by atoms with Gasteiger partial charge in [-0.05, 0) is 6.92 Å². The van der Waals surface area contributed by atoms with Crippen LogP contribution in [-0.2, 0) is 14.2 Å². The predicted molar refractivity (Wildman–Crippen MR) is 68.4 cm³/mol. The van der Waals surface area contributed by atoms with Crippen molar-refractivity contribution in [3.05, 3.63) is 35.9 Å². The number of rotatable bonds is 1. The van der Waals surface area contributed by atoms with Crippen molar-refractivity contribution < 1.29 is 18.6 Å². The van der Waals surface area contributed by atoms with Crippen LogP contribution in [0.5, 0.6) is 0 Å². The van der Waals surface area contributed by atoms with Crippen molar-refractivity contribution in [1.29, 1.82) is 0 Å². The van der Waals surface area contributed by atoms with Gasteiger partial charge in [0, 0.05) is 11.5 Å². The molecule has 0 radical (unpaired) electrons. The molecule has 1 aromatic carbocycles. The average molecular weight is 266 g/mol. The molecule has 3 nitrogen and oxygen atoms in total. The second-order valence-electron chi connectivity index (χ2n) is 5.36. The minimum Gasteiger partial charge on any atom is -0.370 e. The fourth-order valence-electron chi connectivity index (χ4n) is 2.69. The van der Waals surface area contributed by atoms with Gasteiger partial charge in [0.15, 0.2) is 6.29 Å². The Hall–Kier alpha value is -0.970. The Morgan fingerprint density at radius 1 is 1.11 bits per heavy atom. The lowest BCUT2D eigenvalue weighted by molar-refractivity contribution is -0.310. The monoisotopic (exact) mass is 266 g/mol. The molecule has 3 rings (SSSR count). The highest BCUT2D eigenvalue weighted by Gasteiger charge is 2.47. The maximum atomic E-state index is 14.4. The number of benzene rings is 1. The first kappa shape index (κ1) is 13.0. The van der Waals surface area contributed by atoms with Crippen LogP contribution in [0, 0.1) is 5.92 Å². The van der Waals surface area contributed by atoms with Crippen molar-refractivity contribution in [2.24, 2.45) is 5.92 Å². The zero-order valence-corrected chi connectivity index (χ0v) is 11.2. The number of alkyl halides is 1. The van der Waals surface area contributed by atoms with Crippen molar-refractivity contribution in [1.82, 2.24) is 0 Å². The van der Waals surface area contributed by atoms with E-state index in [2.05, 4.69) is 0 Å². The van der Waals surface area contributed by atoms with Crippen molar-refractivity contribution in [2.75, 3.05) is 6.61 Å². The summed E-state index contributed by atoms with van der Waals surface area (Å²) in [6.07, 6.45) is -2.45. The maximum absolute atomic E-state index is 14.4. The average Bonchev–Trinajstić information content (AvgIpc) is 2.46. The van der Waals surface area contributed by atoms with E-state index in [9.17, 15) is 4.39 Å². The van der Waals surface area contributed by atoms with Gasteiger partial charge >= 0.3 is 0 Å². The molecule has 2 aliphatic rings. The van der Waals surface area contributed by atoms with Crippen molar-refractivity contribution >= 4 is 0 Å². The molecule has 0 aromatic heterocycles. The fraction of sp³-hybridized carbons (Fsp3) is 0.600. The molecular formula is C15H19FO3. The van der Waals surface area contributed by atoms with E-state index in [1.807, 2.05) is 44.2 Å². The first-order valence-corrected chi connectivity index (χ1v) is 6.78. The van der Waals surface area contributed by atoms with Gasteiger partial charge in [0.1, 0.15) is 18.4 Å². The molecular weight excluding hydrogens is 247 g/mol. The minimum absolute atomic E-state index is 0.100.